The topological polar surface area (TPSA) is 83.5 Å². The summed E-state index contributed by atoms with van der Waals surface area (Å²) >= 11 is 0. The van der Waals surface area contributed by atoms with Crippen LogP contribution in [-0.4, -0.2) is 19.3 Å². The van der Waals surface area contributed by atoms with E-state index >= 15 is 0 Å². The lowest BCUT2D eigenvalue weighted by atomic mass is 9.64. The van der Waals surface area contributed by atoms with Crippen LogP contribution in [0.5, 0.6) is 5.75 Å². The number of sulfonamides is 1. The van der Waals surface area contributed by atoms with E-state index in [2.05, 4.69) is 4.72 Å². The van der Waals surface area contributed by atoms with Crippen molar-refractivity contribution in [2.45, 2.75) is 36.0 Å². The van der Waals surface area contributed by atoms with Gasteiger partial charge in [-0.3, -0.25) is 9.52 Å². The Morgan fingerprint density at radius 3 is 2.44 bits per heavy atom. The largest absolute Gasteiger partial charge is 0.508 e. The van der Waals surface area contributed by atoms with Gasteiger partial charge in [-0.1, -0.05) is 18.6 Å². The van der Waals surface area contributed by atoms with Crippen LogP contribution in [0.2, 0.25) is 0 Å². The molecule has 0 heterocycles. The van der Waals surface area contributed by atoms with Crippen LogP contribution < -0.4 is 4.72 Å². The van der Waals surface area contributed by atoms with E-state index in [0.717, 1.165) is 29.7 Å². The molecule has 2 aliphatic carbocycles. The standard InChI is InChI=1S/C24H19F2NO4S/c25-15-5-6-22(21(26)10-15)32(30,31)27-16-11-18(14-3-1-4-17(28)9-14)19-13-23(29)24(7-2-8-24)20(19)12-16/h1,3-6,9-12,27-28H,2,7-8,13H2. The third-order valence-electron chi connectivity index (χ3n) is 6.44. The molecule has 5 rings (SSSR count). The van der Waals surface area contributed by atoms with E-state index in [-0.39, 0.29) is 23.6 Å². The van der Waals surface area contributed by atoms with Crippen molar-refractivity contribution in [1.82, 2.24) is 0 Å². The maximum absolute atomic E-state index is 14.2. The third kappa shape index (κ3) is 3.17. The van der Waals surface area contributed by atoms with Gasteiger partial charge in [0, 0.05) is 18.2 Å². The van der Waals surface area contributed by atoms with Crippen LogP contribution >= 0.6 is 0 Å². The van der Waals surface area contributed by atoms with E-state index in [1.54, 1.807) is 30.3 Å². The average molecular weight is 455 g/mol. The first-order valence-corrected chi connectivity index (χ1v) is 11.7. The fourth-order valence-corrected chi connectivity index (χ4v) is 5.84. The fraction of sp³-hybridized carbons (Fsp3) is 0.208. The van der Waals surface area contributed by atoms with E-state index in [4.69, 9.17) is 0 Å². The number of phenols is 1. The summed E-state index contributed by atoms with van der Waals surface area (Å²) in [6.45, 7) is 0. The number of hydrogen-bond acceptors (Lipinski definition) is 4. The van der Waals surface area contributed by atoms with Crippen molar-refractivity contribution in [3.8, 4) is 16.9 Å². The van der Waals surface area contributed by atoms with Crippen molar-refractivity contribution in [2.24, 2.45) is 0 Å². The number of fused-ring (bicyclic) bond motifs is 2. The fourth-order valence-electron chi connectivity index (χ4n) is 4.74. The van der Waals surface area contributed by atoms with Crippen molar-refractivity contribution < 1.29 is 27.1 Å². The molecule has 2 aliphatic rings. The lowest BCUT2D eigenvalue weighted by Crippen LogP contribution is -2.39. The van der Waals surface area contributed by atoms with Gasteiger partial charge < -0.3 is 5.11 Å². The Hall–Kier alpha value is -3.26. The van der Waals surface area contributed by atoms with E-state index in [9.17, 15) is 27.1 Å². The van der Waals surface area contributed by atoms with Crippen LogP contribution in [0.25, 0.3) is 11.1 Å². The van der Waals surface area contributed by atoms with Crippen molar-refractivity contribution in [3.05, 3.63) is 77.4 Å². The smallest absolute Gasteiger partial charge is 0.264 e. The molecule has 0 amide bonds. The van der Waals surface area contributed by atoms with Crippen LogP contribution in [0.3, 0.4) is 0 Å². The van der Waals surface area contributed by atoms with Crippen LogP contribution in [0.15, 0.2) is 59.5 Å². The molecular weight excluding hydrogens is 436 g/mol. The molecule has 1 saturated carbocycles. The van der Waals surface area contributed by atoms with Crippen molar-refractivity contribution >= 4 is 21.5 Å². The number of anilines is 1. The van der Waals surface area contributed by atoms with E-state index in [0.29, 0.717) is 30.0 Å². The lowest BCUT2D eigenvalue weighted by molar-refractivity contribution is -0.125. The number of rotatable bonds is 4. The van der Waals surface area contributed by atoms with Gasteiger partial charge in [-0.05, 0) is 71.5 Å². The summed E-state index contributed by atoms with van der Waals surface area (Å²) in [5.74, 6) is -1.93. The van der Waals surface area contributed by atoms with Gasteiger partial charge >= 0.3 is 0 Å². The third-order valence-corrected chi connectivity index (χ3v) is 7.85. The zero-order chi connectivity index (χ0) is 22.7. The van der Waals surface area contributed by atoms with Crippen LogP contribution in [0.4, 0.5) is 14.5 Å². The number of Topliss-reactive ketones (excluding diaryl/α,β-unsaturated/α-hetero) is 1. The Morgan fingerprint density at radius 1 is 1.00 bits per heavy atom. The minimum atomic E-state index is -4.35. The highest BCUT2D eigenvalue weighted by molar-refractivity contribution is 7.92. The Labute approximate surface area is 183 Å². The molecule has 0 saturated heterocycles. The van der Waals surface area contributed by atoms with Crippen LogP contribution in [0.1, 0.15) is 30.4 Å². The second-order valence-electron chi connectivity index (χ2n) is 8.32. The minimum absolute atomic E-state index is 0.0401. The summed E-state index contributed by atoms with van der Waals surface area (Å²) in [5, 5.41) is 9.94. The van der Waals surface area contributed by atoms with Gasteiger partial charge in [-0.25, -0.2) is 17.2 Å². The van der Waals surface area contributed by atoms with Gasteiger partial charge in [0.2, 0.25) is 0 Å². The summed E-state index contributed by atoms with van der Waals surface area (Å²) in [5.41, 5.74) is 2.41. The van der Waals surface area contributed by atoms with Gasteiger partial charge in [0.05, 0.1) is 5.41 Å². The number of carbonyl (C=O) groups excluding carboxylic acids is 1. The molecular formula is C24H19F2NO4S. The predicted octanol–water partition coefficient (Wildman–Crippen LogP) is 4.69. The summed E-state index contributed by atoms with van der Waals surface area (Å²) in [4.78, 5) is 12.2. The molecule has 0 bridgehead atoms. The van der Waals surface area contributed by atoms with Crippen LogP contribution in [0, 0.1) is 11.6 Å². The van der Waals surface area contributed by atoms with Crippen molar-refractivity contribution in [2.75, 3.05) is 4.72 Å². The summed E-state index contributed by atoms with van der Waals surface area (Å²) in [7, 11) is -4.35. The van der Waals surface area contributed by atoms with E-state index < -0.39 is 32.0 Å². The number of benzene rings is 3. The Bertz CT molecular complexity index is 1380. The molecule has 0 radical (unpaired) electrons. The first-order valence-electron chi connectivity index (χ1n) is 10.2. The molecule has 0 atom stereocenters. The van der Waals surface area contributed by atoms with Crippen molar-refractivity contribution in [3.63, 3.8) is 0 Å². The number of halogens is 2. The van der Waals surface area contributed by atoms with E-state index in [1.165, 1.54) is 6.07 Å². The molecule has 32 heavy (non-hydrogen) atoms. The second kappa shape index (κ2) is 7.13. The molecule has 1 spiro atoms. The normalized spacial score (nSPS) is 16.6. The quantitative estimate of drug-likeness (QED) is 0.598. The predicted molar refractivity (Wildman–Crippen MR) is 115 cm³/mol. The molecule has 3 aromatic carbocycles. The summed E-state index contributed by atoms with van der Waals surface area (Å²) in [6.07, 6.45) is 2.53. The molecule has 0 aromatic heterocycles. The highest BCUT2D eigenvalue weighted by Gasteiger charge is 2.51. The zero-order valence-electron chi connectivity index (χ0n) is 16.9. The first kappa shape index (κ1) is 20.6. The van der Waals surface area contributed by atoms with Crippen LogP contribution in [-0.2, 0) is 26.7 Å². The number of hydrogen-bond donors (Lipinski definition) is 2. The van der Waals surface area contributed by atoms with Gasteiger partial charge in [0.1, 0.15) is 28.1 Å². The Kier molecular flexibility index (Phi) is 4.60. The first-order chi connectivity index (χ1) is 15.2. The number of carbonyl (C=O) groups is 1. The molecule has 0 unspecified atom stereocenters. The second-order valence-corrected chi connectivity index (χ2v) is 9.97. The molecule has 0 aliphatic heterocycles. The monoisotopic (exact) mass is 455 g/mol. The van der Waals surface area contributed by atoms with Gasteiger partial charge in [-0.15, -0.1) is 0 Å². The molecule has 1 fully saturated rings. The van der Waals surface area contributed by atoms with Gasteiger partial charge in [-0.2, -0.15) is 0 Å². The summed E-state index contributed by atoms with van der Waals surface area (Å²) < 4.78 is 55.5. The molecule has 8 heteroatoms. The molecule has 3 aromatic rings. The number of aromatic hydroxyl groups is 1. The minimum Gasteiger partial charge on any atom is -0.508 e. The molecule has 164 valence electrons. The van der Waals surface area contributed by atoms with E-state index in [1.807, 2.05) is 0 Å². The van der Waals surface area contributed by atoms with Gasteiger partial charge in [0.25, 0.3) is 10.0 Å². The zero-order valence-corrected chi connectivity index (χ0v) is 17.7. The highest BCUT2D eigenvalue weighted by atomic mass is 32.2. The Balaban J connectivity index is 1.65. The molecule has 2 N–H and O–H groups in total. The lowest BCUT2D eigenvalue weighted by Gasteiger charge is -2.38. The Morgan fingerprint density at radius 2 is 1.78 bits per heavy atom. The van der Waals surface area contributed by atoms with Gasteiger partial charge in [0.15, 0.2) is 0 Å². The summed E-state index contributed by atoms with van der Waals surface area (Å²) in [6, 6.07) is 12.0. The molecule has 5 nitrogen and oxygen atoms in total. The number of phenolic OH excluding ortho intramolecular Hbond substituents is 1. The SMILES string of the molecule is O=C1Cc2c(-c3cccc(O)c3)cc(NS(=O)(=O)c3ccc(F)cc3F)cc2C12CCC2. The maximum Gasteiger partial charge on any atom is 0.264 e. The maximum atomic E-state index is 14.2. The average Bonchev–Trinajstić information content (AvgIpc) is 2.98. The number of ketones is 1. The van der Waals surface area contributed by atoms with Crippen molar-refractivity contribution in [1.29, 1.82) is 0 Å². The number of nitrogens with one attached hydrogen (secondary N) is 1. The highest BCUT2D eigenvalue weighted by Crippen LogP contribution is 2.53.